The maximum atomic E-state index is 5.49. The van der Waals surface area contributed by atoms with Crippen molar-refractivity contribution >= 4 is 0 Å². The molecule has 0 aliphatic carbocycles. The first-order valence-corrected chi connectivity index (χ1v) is 5.70. The van der Waals surface area contributed by atoms with E-state index in [1.165, 1.54) is 11.3 Å². The minimum Gasteiger partial charge on any atom is -0.496 e. The summed E-state index contributed by atoms with van der Waals surface area (Å²) in [6.45, 7) is 6.22. The Balaban J connectivity index is 2.68. The van der Waals surface area contributed by atoms with Crippen LogP contribution in [0, 0.1) is 20.8 Å². The number of aromatic nitrogens is 2. The van der Waals surface area contributed by atoms with Crippen LogP contribution in [0.3, 0.4) is 0 Å². The Morgan fingerprint density at radius 1 is 1.18 bits per heavy atom. The van der Waals surface area contributed by atoms with Gasteiger partial charge in [0.1, 0.15) is 5.75 Å². The third-order valence-electron chi connectivity index (χ3n) is 3.30. The van der Waals surface area contributed by atoms with Gasteiger partial charge in [-0.3, -0.25) is 4.68 Å². The molecule has 0 unspecified atom stereocenters. The molecule has 0 radical (unpaired) electrons. The van der Waals surface area contributed by atoms with Crippen LogP contribution in [0.15, 0.2) is 18.2 Å². The molecule has 2 aromatic rings. The van der Waals surface area contributed by atoms with Gasteiger partial charge in [0.25, 0.3) is 0 Å². The lowest BCUT2D eigenvalue weighted by Crippen LogP contribution is -1.94. The van der Waals surface area contributed by atoms with Crippen molar-refractivity contribution in [3.05, 3.63) is 35.0 Å². The minimum absolute atomic E-state index is 0.911. The number of aryl methyl sites for hydroxylation is 2. The van der Waals surface area contributed by atoms with Gasteiger partial charge in [-0.1, -0.05) is 12.1 Å². The monoisotopic (exact) mass is 230 g/mol. The van der Waals surface area contributed by atoms with Gasteiger partial charge in [-0.2, -0.15) is 5.10 Å². The first kappa shape index (κ1) is 11.7. The lowest BCUT2D eigenvalue weighted by Gasteiger charge is -2.09. The molecule has 1 aromatic carbocycles. The molecule has 0 amide bonds. The zero-order valence-electron chi connectivity index (χ0n) is 11.0. The number of methoxy groups -OCH3 is 1. The Morgan fingerprint density at radius 2 is 1.88 bits per heavy atom. The Hall–Kier alpha value is -1.77. The normalized spacial score (nSPS) is 10.6. The molecule has 0 spiro atoms. The van der Waals surface area contributed by atoms with Crippen molar-refractivity contribution < 1.29 is 4.74 Å². The second kappa shape index (κ2) is 4.24. The number of ether oxygens (including phenoxy) is 1. The Bertz CT molecular complexity index is 556. The zero-order valence-corrected chi connectivity index (χ0v) is 11.0. The predicted octanol–water partition coefficient (Wildman–Crippen LogP) is 3.02. The fraction of sp³-hybridized carbons (Fsp3) is 0.357. The molecule has 0 saturated carbocycles. The van der Waals surface area contributed by atoms with Crippen LogP contribution in [0.4, 0.5) is 0 Å². The fourth-order valence-electron chi connectivity index (χ4n) is 2.08. The summed E-state index contributed by atoms with van der Waals surface area (Å²) in [5, 5.41) is 4.57. The highest BCUT2D eigenvalue weighted by molar-refractivity contribution is 5.72. The second-order valence-electron chi connectivity index (χ2n) is 4.34. The highest BCUT2D eigenvalue weighted by Gasteiger charge is 2.15. The third kappa shape index (κ3) is 1.82. The van der Waals surface area contributed by atoms with E-state index in [1.807, 2.05) is 30.8 Å². The largest absolute Gasteiger partial charge is 0.496 e. The van der Waals surface area contributed by atoms with Crippen LogP contribution in [0.25, 0.3) is 11.3 Å². The van der Waals surface area contributed by atoms with Gasteiger partial charge in [-0.15, -0.1) is 0 Å². The summed E-state index contributed by atoms with van der Waals surface area (Å²) in [4.78, 5) is 0. The molecule has 1 heterocycles. The summed E-state index contributed by atoms with van der Waals surface area (Å²) in [5.74, 6) is 0.911. The van der Waals surface area contributed by atoms with Crippen LogP contribution < -0.4 is 4.74 Å². The van der Waals surface area contributed by atoms with Crippen molar-refractivity contribution in [3.63, 3.8) is 0 Å². The molecule has 2 rings (SSSR count). The Kier molecular flexibility index (Phi) is 2.92. The van der Waals surface area contributed by atoms with Crippen LogP contribution in [0.5, 0.6) is 5.75 Å². The van der Waals surface area contributed by atoms with Crippen molar-refractivity contribution in [1.29, 1.82) is 0 Å². The van der Waals surface area contributed by atoms with E-state index in [2.05, 4.69) is 25.0 Å². The van der Waals surface area contributed by atoms with E-state index in [0.29, 0.717) is 0 Å². The molecule has 0 N–H and O–H groups in total. The van der Waals surface area contributed by atoms with Gasteiger partial charge in [0.15, 0.2) is 0 Å². The van der Waals surface area contributed by atoms with Gasteiger partial charge >= 0.3 is 0 Å². The number of para-hydroxylation sites is 1. The van der Waals surface area contributed by atoms with Gasteiger partial charge in [-0.05, 0) is 38.0 Å². The molecule has 0 bridgehead atoms. The smallest absolute Gasteiger partial charge is 0.131 e. The van der Waals surface area contributed by atoms with E-state index in [9.17, 15) is 0 Å². The van der Waals surface area contributed by atoms with Crippen LogP contribution in [-0.2, 0) is 7.05 Å². The number of benzene rings is 1. The van der Waals surface area contributed by atoms with Gasteiger partial charge < -0.3 is 4.74 Å². The van der Waals surface area contributed by atoms with E-state index >= 15 is 0 Å². The maximum absolute atomic E-state index is 5.49. The summed E-state index contributed by atoms with van der Waals surface area (Å²) in [6.07, 6.45) is 0. The molecule has 0 fully saturated rings. The SMILES string of the molecule is COc1c(C)cccc1-c1nn(C)c(C)c1C. The molecule has 0 aliphatic heterocycles. The van der Waals surface area contributed by atoms with E-state index < -0.39 is 0 Å². The quantitative estimate of drug-likeness (QED) is 0.793. The average Bonchev–Trinajstić information content (AvgIpc) is 2.56. The topological polar surface area (TPSA) is 27.1 Å². The first-order valence-electron chi connectivity index (χ1n) is 5.70. The predicted molar refractivity (Wildman–Crippen MR) is 69.4 cm³/mol. The number of hydrogen-bond acceptors (Lipinski definition) is 2. The number of nitrogens with zero attached hydrogens (tertiary/aromatic N) is 2. The summed E-state index contributed by atoms with van der Waals surface area (Å²) < 4.78 is 7.39. The fourth-order valence-corrected chi connectivity index (χ4v) is 2.08. The standard InChI is InChI=1S/C14H18N2O/c1-9-7-6-8-12(14(9)17-5)13-10(2)11(3)16(4)15-13/h6-8H,1-5H3. The van der Waals surface area contributed by atoms with E-state index in [0.717, 1.165) is 22.6 Å². The summed E-state index contributed by atoms with van der Waals surface area (Å²) in [7, 11) is 3.67. The van der Waals surface area contributed by atoms with Crippen molar-refractivity contribution in [2.75, 3.05) is 7.11 Å². The lowest BCUT2D eigenvalue weighted by atomic mass is 10.0. The van der Waals surface area contributed by atoms with Crippen LogP contribution in [0.2, 0.25) is 0 Å². The highest BCUT2D eigenvalue weighted by atomic mass is 16.5. The molecular weight excluding hydrogens is 212 g/mol. The van der Waals surface area contributed by atoms with Gasteiger partial charge in [0.05, 0.1) is 12.8 Å². The van der Waals surface area contributed by atoms with Crippen molar-refractivity contribution in [1.82, 2.24) is 9.78 Å². The summed E-state index contributed by atoms with van der Waals surface area (Å²) in [5.41, 5.74) is 5.59. The van der Waals surface area contributed by atoms with E-state index in [4.69, 9.17) is 4.74 Å². The molecule has 3 nitrogen and oxygen atoms in total. The molecule has 3 heteroatoms. The molecule has 0 aliphatic rings. The van der Waals surface area contributed by atoms with Crippen LogP contribution >= 0.6 is 0 Å². The molecule has 90 valence electrons. The van der Waals surface area contributed by atoms with E-state index in [1.54, 1.807) is 7.11 Å². The molecule has 1 aromatic heterocycles. The first-order chi connectivity index (χ1) is 8.06. The van der Waals surface area contributed by atoms with Crippen molar-refractivity contribution in [2.24, 2.45) is 7.05 Å². The van der Waals surface area contributed by atoms with Crippen molar-refractivity contribution in [2.45, 2.75) is 20.8 Å². The molecular formula is C14H18N2O. The minimum atomic E-state index is 0.911. The van der Waals surface area contributed by atoms with E-state index in [-0.39, 0.29) is 0 Å². The second-order valence-corrected chi connectivity index (χ2v) is 4.34. The Morgan fingerprint density at radius 3 is 2.41 bits per heavy atom. The number of rotatable bonds is 2. The van der Waals surface area contributed by atoms with Gasteiger partial charge in [-0.25, -0.2) is 0 Å². The lowest BCUT2D eigenvalue weighted by molar-refractivity contribution is 0.413. The maximum Gasteiger partial charge on any atom is 0.131 e. The van der Waals surface area contributed by atoms with Crippen LogP contribution in [-0.4, -0.2) is 16.9 Å². The Labute approximate surface area is 102 Å². The number of hydrogen-bond donors (Lipinski definition) is 0. The zero-order chi connectivity index (χ0) is 12.6. The third-order valence-corrected chi connectivity index (χ3v) is 3.30. The summed E-state index contributed by atoms with van der Waals surface area (Å²) in [6, 6.07) is 6.14. The van der Waals surface area contributed by atoms with Gasteiger partial charge in [0.2, 0.25) is 0 Å². The van der Waals surface area contributed by atoms with Gasteiger partial charge in [0, 0.05) is 18.3 Å². The highest BCUT2D eigenvalue weighted by Crippen LogP contribution is 2.34. The molecule has 0 atom stereocenters. The van der Waals surface area contributed by atoms with Crippen LogP contribution in [0.1, 0.15) is 16.8 Å². The molecule has 17 heavy (non-hydrogen) atoms. The molecule has 0 saturated heterocycles. The summed E-state index contributed by atoms with van der Waals surface area (Å²) >= 11 is 0. The average molecular weight is 230 g/mol. The van der Waals surface area contributed by atoms with Crippen molar-refractivity contribution in [3.8, 4) is 17.0 Å².